The lowest BCUT2D eigenvalue weighted by Gasteiger charge is -2.02. The zero-order valence-electron chi connectivity index (χ0n) is 13.2. The van der Waals surface area contributed by atoms with E-state index in [1.54, 1.807) is 12.1 Å². The molecule has 3 heterocycles. The first-order valence-corrected chi connectivity index (χ1v) is 7.92. The SMILES string of the molecule is Fc1cccc(-c2ccc(CNc3nnc([C@@H]4CCCO4)o3)o2)c1F. The number of ether oxygens (including phenoxy) is 1. The third-order valence-corrected chi connectivity index (χ3v) is 3.94. The van der Waals surface area contributed by atoms with E-state index in [1.807, 2.05) is 0 Å². The summed E-state index contributed by atoms with van der Waals surface area (Å²) in [7, 11) is 0. The number of nitrogens with one attached hydrogen (secondary N) is 1. The van der Waals surface area contributed by atoms with Crippen molar-refractivity contribution in [3.63, 3.8) is 0 Å². The molecular formula is C17H15F2N3O3. The maximum atomic E-state index is 13.8. The van der Waals surface area contributed by atoms with Crippen molar-refractivity contribution in [2.24, 2.45) is 0 Å². The number of aromatic nitrogens is 2. The predicted octanol–water partition coefficient (Wildman–Crippen LogP) is 4.07. The molecule has 1 fully saturated rings. The Kier molecular flexibility index (Phi) is 4.19. The summed E-state index contributed by atoms with van der Waals surface area (Å²) < 4.78 is 43.6. The van der Waals surface area contributed by atoms with Crippen LogP contribution in [0.25, 0.3) is 11.3 Å². The second-order valence-electron chi connectivity index (χ2n) is 5.67. The van der Waals surface area contributed by atoms with Gasteiger partial charge in [-0.05, 0) is 37.1 Å². The van der Waals surface area contributed by atoms with Crippen LogP contribution in [0.4, 0.5) is 14.8 Å². The second-order valence-corrected chi connectivity index (χ2v) is 5.67. The minimum absolute atomic E-state index is 0.0738. The minimum Gasteiger partial charge on any atom is -0.459 e. The van der Waals surface area contributed by atoms with E-state index >= 15 is 0 Å². The fourth-order valence-electron chi connectivity index (χ4n) is 2.68. The number of nitrogens with zero attached hydrogens (tertiary/aromatic N) is 2. The second kappa shape index (κ2) is 6.64. The van der Waals surface area contributed by atoms with Crippen molar-refractivity contribution in [2.75, 3.05) is 11.9 Å². The molecule has 1 aliphatic rings. The Balaban J connectivity index is 1.42. The van der Waals surface area contributed by atoms with Gasteiger partial charge in [0.25, 0.3) is 0 Å². The molecule has 2 aromatic heterocycles. The topological polar surface area (TPSA) is 73.3 Å². The Morgan fingerprint density at radius 1 is 1.12 bits per heavy atom. The molecule has 25 heavy (non-hydrogen) atoms. The summed E-state index contributed by atoms with van der Waals surface area (Å²) in [5.41, 5.74) is 0.0738. The van der Waals surface area contributed by atoms with Crippen LogP contribution in [-0.2, 0) is 11.3 Å². The minimum atomic E-state index is -0.936. The first kappa shape index (κ1) is 15.8. The van der Waals surface area contributed by atoms with E-state index in [0.717, 1.165) is 18.9 Å². The molecule has 1 N–H and O–H groups in total. The zero-order chi connectivity index (χ0) is 17.2. The molecule has 0 amide bonds. The van der Waals surface area contributed by atoms with Crippen LogP contribution in [0, 0.1) is 11.6 Å². The third-order valence-electron chi connectivity index (χ3n) is 3.94. The lowest BCUT2D eigenvalue weighted by Crippen LogP contribution is -1.98. The molecule has 3 aromatic rings. The maximum Gasteiger partial charge on any atom is 0.315 e. The van der Waals surface area contributed by atoms with Gasteiger partial charge in [-0.15, -0.1) is 5.10 Å². The largest absolute Gasteiger partial charge is 0.459 e. The summed E-state index contributed by atoms with van der Waals surface area (Å²) in [5, 5.41) is 10.8. The molecule has 0 bridgehead atoms. The van der Waals surface area contributed by atoms with Gasteiger partial charge in [0, 0.05) is 6.61 Å². The Labute approximate surface area is 141 Å². The fraction of sp³-hybridized carbons (Fsp3) is 0.294. The molecule has 0 saturated carbocycles. The van der Waals surface area contributed by atoms with E-state index in [2.05, 4.69) is 15.5 Å². The number of hydrogen-bond acceptors (Lipinski definition) is 6. The van der Waals surface area contributed by atoms with Crippen LogP contribution in [0.1, 0.15) is 30.6 Å². The molecule has 0 unspecified atom stereocenters. The number of furan rings is 1. The van der Waals surface area contributed by atoms with E-state index in [9.17, 15) is 8.78 Å². The molecule has 1 aliphatic heterocycles. The van der Waals surface area contributed by atoms with E-state index in [0.29, 0.717) is 18.3 Å². The normalized spacial score (nSPS) is 17.1. The average Bonchev–Trinajstić information content (AvgIpc) is 3.36. The van der Waals surface area contributed by atoms with Crippen LogP contribution >= 0.6 is 0 Å². The quantitative estimate of drug-likeness (QED) is 0.750. The van der Waals surface area contributed by atoms with Gasteiger partial charge in [-0.2, -0.15) is 0 Å². The molecular weight excluding hydrogens is 332 g/mol. The number of halogens is 2. The predicted molar refractivity (Wildman–Crippen MR) is 83.6 cm³/mol. The number of anilines is 1. The highest BCUT2D eigenvalue weighted by Crippen LogP contribution is 2.29. The average molecular weight is 347 g/mol. The van der Waals surface area contributed by atoms with Crippen molar-refractivity contribution in [1.82, 2.24) is 10.2 Å². The highest BCUT2D eigenvalue weighted by molar-refractivity contribution is 5.58. The summed E-state index contributed by atoms with van der Waals surface area (Å²) in [6, 6.07) is 7.45. The molecule has 0 radical (unpaired) electrons. The van der Waals surface area contributed by atoms with Crippen molar-refractivity contribution in [3.05, 3.63) is 53.6 Å². The van der Waals surface area contributed by atoms with E-state index in [4.69, 9.17) is 13.6 Å². The standard InChI is InChI=1S/C17H15F2N3O3/c18-12-4-1-3-11(15(12)19)13-7-6-10(24-13)9-20-17-22-21-16(25-17)14-5-2-8-23-14/h1,3-4,6-7,14H,2,5,8-9H2,(H,20,22)/t14-/m0/s1. The smallest absolute Gasteiger partial charge is 0.315 e. The lowest BCUT2D eigenvalue weighted by molar-refractivity contribution is 0.0897. The van der Waals surface area contributed by atoms with Gasteiger partial charge >= 0.3 is 6.01 Å². The summed E-state index contributed by atoms with van der Waals surface area (Å²) in [6.07, 6.45) is 1.69. The highest BCUT2D eigenvalue weighted by Gasteiger charge is 2.23. The first-order chi connectivity index (χ1) is 12.2. The molecule has 0 spiro atoms. The summed E-state index contributed by atoms with van der Waals surface area (Å²) in [6.45, 7) is 0.964. The third kappa shape index (κ3) is 3.25. The first-order valence-electron chi connectivity index (χ1n) is 7.92. The van der Waals surface area contributed by atoms with Crippen molar-refractivity contribution < 1.29 is 22.4 Å². The van der Waals surface area contributed by atoms with Crippen LogP contribution in [0.15, 0.2) is 39.2 Å². The summed E-state index contributed by atoms with van der Waals surface area (Å²) in [4.78, 5) is 0. The molecule has 4 rings (SSSR count). The van der Waals surface area contributed by atoms with Gasteiger partial charge in [0.15, 0.2) is 11.6 Å². The molecule has 130 valence electrons. The summed E-state index contributed by atoms with van der Waals surface area (Å²) >= 11 is 0. The van der Waals surface area contributed by atoms with Crippen LogP contribution in [0.5, 0.6) is 0 Å². The molecule has 8 heteroatoms. The monoisotopic (exact) mass is 347 g/mol. The van der Waals surface area contributed by atoms with Crippen molar-refractivity contribution in [3.8, 4) is 11.3 Å². The van der Waals surface area contributed by atoms with Gasteiger partial charge in [0.05, 0.1) is 12.1 Å². The number of benzene rings is 1. The fourth-order valence-corrected chi connectivity index (χ4v) is 2.68. The van der Waals surface area contributed by atoms with Crippen molar-refractivity contribution in [2.45, 2.75) is 25.5 Å². The van der Waals surface area contributed by atoms with E-state index in [1.165, 1.54) is 12.1 Å². The highest BCUT2D eigenvalue weighted by atomic mass is 19.2. The lowest BCUT2D eigenvalue weighted by atomic mass is 10.1. The zero-order valence-corrected chi connectivity index (χ0v) is 13.2. The van der Waals surface area contributed by atoms with Gasteiger partial charge in [0.2, 0.25) is 5.89 Å². The Bertz CT molecular complexity index is 872. The van der Waals surface area contributed by atoms with Gasteiger partial charge in [-0.3, -0.25) is 0 Å². The van der Waals surface area contributed by atoms with Crippen molar-refractivity contribution in [1.29, 1.82) is 0 Å². The van der Waals surface area contributed by atoms with Crippen LogP contribution < -0.4 is 5.32 Å². The van der Waals surface area contributed by atoms with Crippen LogP contribution in [0.3, 0.4) is 0 Å². The van der Waals surface area contributed by atoms with E-state index in [-0.39, 0.29) is 30.0 Å². The summed E-state index contributed by atoms with van der Waals surface area (Å²) in [5.74, 6) is -0.632. The van der Waals surface area contributed by atoms with Gasteiger partial charge < -0.3 is 18.9 Å². The number of rotatable bonds is 5. The molecule has 1 aromatic carbocycles. The maximum absolute atomic E-state index is 13.8. The Morgan fingerprint density at radius 3 is 2.88 bits per heavy atom. The van der Waals surface area contributed by atoms with Gasteiger partial charge in [-0.1, -0.05) is 11.2 Å². The van der Waals surface area contributed by atoms with Crippen LogP contribution in [-0.4, -0.2) is 16.8 Å². The van der Waals surface area contributed by atoms with Crippen molar-refractivity contribution >= 4 is 6.01 Å². The van der Waals surface area contributed by atoms with Gasteiger partial charge in [-0.25, -0.2) is 8.78 Å². The van der Waals surface area contributed by atoms with Crippen LogP contribution in [0.2, 0.25) is 0 Å². The molecule has 6 nitrogen and oxygen atoms in total. The molecule has 0 aliphatic carbocycles. The van der Waals surface area contributed by atoms with Gasteiger partial charge in [0.1, 0.15) is 17.6 Å². The molecule has 1 saturated heterocycles. The van der Waals surface area contributed by atoms with E-state index < -0.39 is 11.6 Å². The molecule has 1 atom stereocenters. The number of hydrogen-bond donors (Lipinski definition) is 1. The Morgan fingerprint density at radius 2 is 2.04 bits per heavy atom. The Hall–Kier alpha value is -2.74.